The van der Waals surface area contributed by atoms with Gasteiger partial charge in [-0.05, 0) is 86.4 Å². The minimum absolute atomic E-state index is 0. The predicted molar refractivity (Wildman–Crippen MR) is 199 cm³/mol. The molecule has 0 saturated carbocycles. The summed E-state index contributed by atoms with van der Waals surface area (Å²) >= 11 is 0. The van der Waals surface area contributed by atoms with Gasteiger partial charge in [0.1, 0.15) is 13.2 Å². The lowest BCUT2D eigenvalue weighted by Gasteiger charge is -2.17. The zero-order chi connectivity index (χ0) is 37.7. The number of amides is 2. The molecule has 0 atom stereocenters. The van der Waals surface area contributed by atoms with Crippen molar-refractivity contribution in [1.82, 2.24) is 20.4 Å². The Labute approximate surface area is 292 Å². The highest BCUT2D eigenvalue weighted by molar-refractivity contribution is 6.01. The first-order chi connectivity index (χ1) is 22.5. The van der Waals surface area contributed by atoms with Gasteiger partial charge in [-0.3, -0.25) is 10.6 Å². The number of nitrogens with one attached hydrogen (secondary N) is 2. The van der Waals surface area contributed by atoms with Gasteiger partial charge in [-0.15, -0.1) is 0 Å². The SMILES string of the molecule is C=C(C)n1cccn1.CC(C)(C)N.CC(C)(C)N=C(N)N.CC(C)(C)N=C(NC(=O)OCc1ccccc1)NC(=O)OCc1ccccc1. The van der Waals surface area contributed by atoms with Crippen molar-refractivity contribution in [3.8, 4) is 0 Å². The number of rotatable bonds is 5. The van der Waals surface area contributed by atoms with E-state index in [0.717, 1.165) is 16.8 Å². The van der Waals surface area contributed by atoms with E-state index >= 15 is 0 Å². The molecule has 270 valence electrons. The molecule has 0 spiro atoms. The number of hydrogen-bond acceptors (Lipinski definition) is 8. The number of aliphatic imine (C=N–C) groups is 2. The highest BCUT2D eigenvalue weighted by Crippen LogP contribution is 2.07. The number of hydrogen-bond donors (Lipinski definition) is 5. The summed E-state index contributed by atoms with van der Waals surface area (Å²) in [5.41, 5.74) is 17.5. The molecule has 0 bridgehead atoms. The fourth-order valence-electron chi connectivity index (χ4n) is 3.02. The van der Waals surface area contributed by atoms with Gasteiger partial charge in [0.25, 0.3) is 0 Å². The smallest absolute Gasteiger partial charge is 0.414 e. The number of benzene rings is 2. The Hall–Kier alpha value is -5.17. The van der Waals surface area contributed by atoms with Crippen LogP contribution in [0.1, 0.15) is 80.4 Å². The van der Waals surface area contributed by atoms with E-state index in [-0.39, 0.29) is 36.2 Å². The monoisotopic (exact) mass is 679 g/mol. The maximum absolute atomic E-state index is 12.1. The predicted octanol–water partition coefficient (Wildman–Crippen LogP) is 6.17. The second-order valence-corrected chi connectivity index (χ2v) is 13.8. The van der Waals surface area contributed by atoms with Gasteiger partial charge in [-0.1, -0.05) is 67.2 Å². The lowest BCUT2D eigenvalue weighted by atomic mass is 10.1. The summed E-state index contributed by atoms with van der Waals surface area (Å²) in [6, 6.07) is 20.4. The summed E-state index contributed by atoms with van der Waals surface area (Å²) < 4.78 is 12.0. The first-order valence-electron chi connectivity index (χ1n) is 15.6. The van der Waals surface area contributed by atoms with E-state index in [2.05, 4.69) is 32.3 Å². The number of carbonyl (C=O) groups is 2. The van der Waals surface area contributed by atoms with Crippen LogP contribution in [0.2, 0.25) is 0 Å². The fourth-order valence-corrected chi connectivity index (χ4v) is 3.02. The first-order valence-corrected chi connectivity index (χ1v) is 15.6. The highest BCUT2D eigenvalue weighted by atomic mass is 16.6. The molecule has 8 N–H and O–H groups in total. The summed E-state index contributed by atoms with van der Waals surface area (Å²) in [4.78, 5) is 32.3. The molecule has 13 heteroatoms. The van der Waals surface area contributed by atoms with Crippen molar-refractivity contribution in [2.45, 2.75) is 99.1 Å². The topological polar surface area (TPSA) is 197 Å². The van der Waals surface area contributed by atoms with Gasteiger partial charge in [0.2, 0.25) is 5.96 Å². The summed E-state index contributed by atoms with van der Waals surface area (Å²) in [5, 5.41) is 8.83. The Morgan fingerprint density at radius 1 is 0.755 bits per heavy atom. The standard InChI is InChI=1S/C21H25N3O4.C6H8N2.C5H13N3.C4H11N/c1-21(2,3)24-18(22-19(25)27-14-16-10-6-4-7-11-16)23-20(26)28-15-17-12-8-5-9-13-17;1-6(2)8-5-3-4-7-8;1-5(2,3)8-4(6)7;1-4(2,3)5/h4-13H,14-15H2,1-3H3,(H2,22,23,24,25,26);3-5H,1H2,2H3;1-3H3,(H4,6,7,8);5H2,1-3H3. The molecule has 0 aliphatic carbocycles. The Balaban J connectivity index is 0.000000882. The van der Waals surface area contributed by atoms with Gasteiger partial charge in [0, 0.05) is 23.6 Å². The van der Waals surface area contributed by atoms with Crippen LogP contribution in [0.25, 0.3) is 5.70 Å². The second kappa shape index (κ2) is 21.7. The number of ether oxygens (including phenoxy) is 2. The molecule has 0 saturated heterocycles. The van der Waals surface area contributed by atoms with Crippen molar-refractivity contribution >= 4 is 29.8 Å². The van der Waals surface area contributed by atoms with Gasteiger partial charge in [0.05, 0.1) is 11.1 Å². The molecule has 13 nitrogen and oxygen atoms in total. The van der Waals surface area contributed by atoms with Gasteiger partial charge in [0.15, 0.2) is 5.96 Å². The van der Waals surface area contributed by atoms with Gasteiger partial charge >= 0.3 is 12.2 Å². The Bertz CT molecular complexity index is 1370. The van der Waals surface area contributed by atoms with E-state index in [9.17, 15) is 9.59 Å². The maximum atomic E-state index is 12.1. The second-order valence-electron chi connectivity index (χ2n) is 13.8. The molecular weight excluding hydrogens is 622 g/mol. The molecule has 0 aliphatic heterocycles. The lowest BCUT2D eigenvalue weighted by molar-refractivity contribution is 0.141. The molecule has 2 amide bonds. The van der Waals surface area contributed by atoms with Crippen LogP contribution in [0.5, 0.6) is 0 Å². The van der Waals surface area contributed by atoms with Crippen LogP contribution in [0.3, 0.4) is 0 Å². The first kappa shape index (κ1) is 43.8. The number of nitrogens with two attached hydrogens (primary N) is 3. The van der Waals surface area contributed by atoms with Crippen LogP contribution < -0.4 is 27.8 Å². The van der Waals surface area contributed by atoms with E-state index in [1.165, 1.54) is 0 Å². The quantitative estimate of drug-likeness (QED) is 0.156. The zero-order valence-corrected chi connectivity index (χ0v) is 30.8. The van der Waals surface area contributed by atoms with E-state index < -0.39 is 17.7 Å². The molecule has 0 fully saturated rings. The van der Waals surface area contributed by atoms with Crippen LogP contribution in [0, 0.1) is 0 Å². The Morgan fingerprint density at radius 3 is 1.39 bits per heavy atom. The van der Waals surface area contributed by atoms with Crippen LogP contribution in [0.4, 0.5) is 9.59 Å². The Kier molecular flexibility index (Phi) is 19.4. The Morgan fingerprint density at radius 2 is 1.14 bits per heavy atom. The third kappa shape index (κ3) is 28.8. The number of allylic oxidation sites excluding steroid dienone is 1. The third-order valence-electron chi connectivity index (χ3n) is 4.67. The van der Waals surface area contributed by atoms with Gasteiger partial charge in [-0.25, -0.2) is 24.3 Å². The summed E-state index contributed by atoms with van der Waals surface area (Å²) in [6.07, 6.45) is 2.14. The van der Waals surface area contributed by atoms with Crippen LogP contribution in [-0.2, 0) is 22.7 Å². The number of nitrogens with zero attached hydrogens (tertiary/aromatic N) is 4. The molecule has 1 aromatic heterocycles. The van der Waals surface area contributed by atoms with Crippen molar-refractivity contribution < 1.29 is 19.1 Å². The number of carbonyl (C=O) groups excluding carboxylic acids is 2. The van der Waals surface area contributed by atoms with E-state index in [4.69, 9.17) is 26.7 Å². The highest BCUT2D eigenvalue weighted by Gasteiger charge is 2.16. The van der Waals surface area contributed by atoms with Gasteiger partial charge in [-0.2, -0.15) is 5.10 Å². The van der Waals surface area contributed by atoms with E-state index in [1.807, 2.05) is 142 Å². The molecule has 49 heavy (non-hydrogen) atoms. The largest absolute Gasteiger partial charge is 0.444 e. The summed E-state index contributed by atoms with van der Waals surface area (Å²) in [6.45, 7) is 23.0. The van der Waals surface area contributed by atoms with Gasteiger partial charge < -0.3 is 26.7 Å². The fraction of sp³-hybridized carbons (Fsp3) is 0.417. The minimum atomic E-state index is -0.727. The number of alkyl carbamates (subject to hydrolysis) is 2. The molecule has 0 aliphatic rings. The van der Waals surface area contributed by atoms with Crippen molar-refractivity contribution in [3.63, 3.8) is 0 Å². The number of guanidine groups is 2. The molecule has 2 aromatic carbocycles. The van der Waals surface area contributed by atoms with Crippen LogP contribution in [0.15, 0.2) is 95.7 Å². The van der Waals surface area contributed by atoms with Crippen LogP contribution in [-0.4, -0.2) is 50.5 Å². The maximum Gasteiger partial charge on any atom is 0.414 e. The lowest BCUT2D eigenvalue weighted by Crippen LogP contribution is -2.45. The van der Waals surface area contributed by atoms with Crippen molar-refractivity contribution in [2.24, 2.45) is 27.2 Å². The van der Waals surface area contributed by atoms with E-state index in [1.54, 1.807) is 10.9 Å². The van der Waals surface area contributed by atoms with Crippen LogP contribution >= 0.6 is 0 Å². The third-order valence-corrected chi connectivity index (χ3v) is 4.67. The van der Waals surface area contributed by atoms with Crippen molar-refractivity contribution in [3.05, 3.63) is 96.8 Å². The average molecular weight is 680 g/mol. The van der Waals surface area contributed by atoms with E-state index in [0.29, 0.717) is 0 Å². The minimum Gasteiger partial charge on any atom is -0.444 e. The normalized spacial score (nSPS) is 10.5. The molecule has 0 radical (unpaired) electrons. The zero-order valence-electron chi connectivity index (χ0n) is 30.8. The molecule has 0 unspecified atom stereocenters. The van der Waals surface area contributed by atoms with Crippen molar-refractivity contribution in [2.75, 3.05) is 0 Å². The number of aromatic nitrogens is 2. The molecule has 3 aromatic rings. The summed E-state index contributed by atoms with van der Waals surface area (Å²) in [7, 11) is 0. The molecule has 1 heterocycles. The molecule has 3 rings (SSSR count). The average Bonchev–Trinajstić information content (AvgIpc) is 3.50. The molecular formula is C36H57N9O4. The van der Waals surface area contributed by atoms with Crippen molar-refractivity contribution in [1.29, 1.82) is 0 Å². The summed E-state index contributed by atoms with van der Waals surface area (Å²) in [5.74, 6) is 0.112.